The van der Waals surface area contributed by atoms with Crippen molar-refractivity contribution in [2.24, 2.45) is 5.41 Å². The van der Waals surface area contributed by atoms with Crippen LogP contribution in [0.3, 0.4) is 0 Å². The number of carbonyl (C=O) groups excluding carboxylic acids is 1. The largest absolute Gasteiger partial charge is 0.339 e. The molecule has 0 unspecified atom stereocenters. The molecule has 1 saturated carbocycles. The molecule has 1 saturated heterocycles. The molecule has 0 N–H and O–H groups in total. The fourth-order valence-corrected chi connectivity index (χ4v) is 4.56. The summed E-state index contributed by atoms with van der Waals surface area (Å²) in [7, 11) is 0. The Morgan fingerprint density at radius 1 is 1.10 bits per heavy atom. The van der Waals surface area contributed by atoms with Gasteiger partial charge in [0.05, 0.1) is 5.56 Å². The Morgan fingerprint density at radius 2 is 1.76 bits per heavy atom. The molecule has 4 heteroatoms. The molecule has 1 amide bonds. The first-order chi connectivity index (χ1) is 10.1. The van der Waals surface area contributed by atoms with E-state index in [0.29, 0.717) is 10.4 Å². The van der Waals surface area contributed by atoms with Gasteiger partial charge >= 0.3 is 0 Å². The molecule has 1 aromatic rings. The number of amides is 1. The third-order valence-corrected chi connectivity index (χ3v) is 6.36. The topological polar surface area (TPSA) is 20.3 Å². The van der Waals surface area contributed by atoms with Gasteiger partial charge in [-0.25, -0.2) is 0 Å². The molecule has 3 rings (SSSR count). The summed E-state index contributed by atoms with van der Waals surface area (Å²) in [5.74, 6) is 0.146. The van der Waals surface area contributed by atoms with Gasteiger partial charge in [0, 0.05) is 21.7 Å². The normalized spacial score (nSPS) is 21.5. The highest BCUT2D eigenvalue weighted by Gasteiger charge is 2.36. The van der Waals surface area contributed by atoms with Crippen LogP contribution in [0.15, 0.2) is 18.2 Å². The van der Waals surface area contributed by atoms with E-state index >= 15 is 0 Å². The molecular formula is C17H21ClINO. The molecule has 2 aliphatic rings. The number of halogens is 2. The molecule has 21 heavy (non-hydrogen) atoms. The Balaban J connectivity index is 1.69. The predicted molar refractivity (Wildman–Crippen MR) is 94.8 cm³/mol. The van der Waals surface area contributed by atoms with Crippen LogP contribution in [0.5, 0.6) is 0 Å². The van der Waals surface area contributed by atoms with Gasteiger partial charge in [-0.2, -0.15) is 0 Å². The number of rotatable bonds is 1. The lowest BCUT2D eigenvalue weighted by molar-refractivity contribution is 0.0471. The zero-order valence-corrected chi connectivity index (χ0v) is 15.1. The van der Waals surface area contributed by atoms with Crippen LogP contribution >= 0.6 is 34.2 Å². The second-order valence-electron chi connectivity index (χ2n) is 6.48. The van der Waals surface area contributed by atoms with Gasteiger partial charge in [-0.1, -0.05) is 30.9 Å². The van der Waals surface area contributed by atoms with Crippen molar-refractivity contribution in [2.75, 3.05) is 13.1 Å². The second-order valence-corrected chi connectivity index (χ2v) is 8.08. The highest BCUT2D eigenvalue weighted by Crippen LogP contribution is 2.44. The van der Waals surface area contributed by atoms with Gasteiger partial charge in [0.15, 0.2) is 0 Å². The molecule has 2 nitrogen and oxygen atoms in total. The van der Waals surface area contributed by atoms with Gasteiger partial charge in [0.25, 0.3) is 5.91 Å². The molecule has 0 bridgehead atoms. The fourth-order valence-electron chi connectivity index (χ4n) is 3.82. The van der Waals surface area contributed by atoms with E-state index in [4.69, 9.17) is 11.6 Å². The summed E-state index contributed by atoms with van der Waals surface area (Å²) in [5.41, 5.74) is 1.29. The van der Waals surface area contributed by atoms with Gasteiger partial charge in [-0.15, -0.1) is 0 Å². The van der Waals surface area contributed by atoms with E-state index in [1.165, 1.54) is 44.9 Å². The van der Waals surface area contributed by atoms with Gasteiger partial charge in [-0.3, -0.25) is 4.79 Å². The molecule has 1 aliphatic heterocycles. The Morgan fingerprint density at radius 3 is 2.43 bits per heavy atom. The van der Waals surface area contributed by atoms with Crippen molar-refractivity contribution in [2.45, 2.75) is 44.9 Å². The Hall–Kier alpha value is -0.290. The van der Waals surface area contributed by atoms with Crippen LogP contribution in [-0.2, 0) is 0 Å². The SMILES string of the molecule is O=C(c1cc(Cl)ccc1I)N1CCC2(CCCCC2)CC1. The number of nitrogens with zero attached hydrogens (tertiary/aromatic N) is 1. The minimum absolute atomic E-state index is 0.146. The van der Waals surface area contributed by atoms with E-state index in [9.17, 15) is 4.79 Å². The molecule has 1 heterocycles. The summed E-state index contributed by atoms with van der Waals surface area (Å²) in [5, 5.41) is 0.638. The van der Waals surface area contributed by atoms with E-state index in [1.54, 1.807) is 6.07 Å². The van der Waals surface area contributed by atoms with E-state index in [2.05, 4.69) is 22.6 Å². The van der Waals surface area contributed by atoms with Crippen molar-refractivity contribution in [3.8, 4) is 0 Å². The molecule has 1 aliphatic carbocycles. The highest BCUT2D eigenvalue weighted by molar-refractivity contribution is 14.1. The van der Waals surface area contributed by atoms with E-state index in [-0.39, 0.29) is 5.91 Å². The lowest BCUT2D eigenvalue weighted by atomic mass is 9.68. The van der Waals surface area contributed by atoms with Crippen molar-refractivity contribution in [1.82, 2.24) is 4.90 Å². The zero-order chi connectivity index (χ0) is 14.9. The quantitative estimate of drug-likeness (QED) is 0.580. The Labute approximate surface area is 145 Å². The summed E-state index contributed by atoms with van der Waals surface area (Å²) in [4.78, 5) is 14.7. The zero-order valence-electron chi connectivity index (χ0n) is 12.2. The van der Waals surface area contributed by atoms with Crippen LogP contribution in [0.25, 0.3) is 0 Å². The van der Waals surface area contributed by atoms with Crippen molar-refractivity contribution in [3.63, 3.8) is 0 Å². The third-order valence-electron chi connectivity index (χ3n) is 5.18. The monoisotopic (exact) mass is 417 g/mol. The number of benzene rings is 1. The number of carbonyl (C=O) groups is 1. The van der Waals surface area contributed by atoms with Crippen molar-refractivity contribution in [1.29, 1.82) is 0 Å². The first-order valence-corrected chi connectivity index (χ1v) is 9.30. The molecular weight excluding hydrogens is 397 g/mol. The number of likely N-dealkylation sites (tertiary alicyclic amines) is 1. The van der Waals surface area contributed by atoms with Gasteiger partial charge < -0.3 is 4.90 Å². The third kappa shape index (κ3) is 3.39. The van der Waals surface area contributed by atoms with Gasteiger partial charge in [0.2, 0.25) is 0 Å². The van der Waals surface area contributed by atoms with Crippen LogP contribution in [0, 0.1) is 8.99 Å². The average molecular weight is 418 g/mol. The van der Waals surface area contributed by atoms with E-state index in [1.807, 2.05) is 17.0 Å². The minimum atomic E-state index is 0.146. The molecule has 0 aromatic heterocycles. The standard InChI is InChI=1S/C17H21ClINO/c18-13-4-5-15(19)14(12-13)16(21)20-10-8-17(9-11-20)6-2-1-3-7-17/h4-5,12H,1-3,6-11H2. The first-order valence-electron chi connectivity index (χ1n) is 7.84. The highest BCUT2D eigenvalue weighted by atomic mass is 127. The Kier molecular flexibility index (Phi) is 4.79. The van der Waals surface area contributed by atoms with Crippen LogP contribution in [0.4, 0.5) is 0 Å². The lowest BCUT2D eigenvalue weighted by Crippen LogP contribution is -2.44. The maximum atomic E-state index is 12.7. The number of hydrogen-bond donors (Lipinski definition) is 0. The van der Waals surface area contributed by atoms with Gasteiger partial charge in [-0.05, 0) is 71.9 Å². The average Bonchev–Trinajstić information content (AvgIpc) is 2.51. The number of hydrogen-bond acceptors (Lipinski definition) is 1. The predicted octanol–water partition coefficient (Wildman–Crippen LogP) is 5.13. The van der Waals surface area contributed by atoms with E-state index < -0.39 is 0 Å². The summed E-state index contributed by atoms with van der Waals surface area (Å²) >= 11 is 8.26. The Bertz CT molecular complexity index is 530. The maximum Gasteiger partial charge on any atom is 0.254 e. The smallest absolute Gasteiger partial charge is 0.254 e. The van der Waals surface area contributed by atoms with Gasteiger partial charge in [0.1, 0.15) is 0 Å². The summed E-state index contributed by atoms with van der Waals surface area (Å²) in [6.07, 6.45) is 9.23. The molecule has 0 atom stereocenters. The maximum absolute atomic E-state index is 12.7. The molecule has 1 aromatic carbocycles. The van der Waals surface area contributed by atoms with Crippen LogP contribution in [0.2, 0.25) is 5.02 Å². The van der Waals surface area contributed by atoms with Crippen LogP contribution < -0.4 is 0 Å². The molecule has 114 valence electrons. The molecule has 0 radical (unpaired) electrons. The molecule has 2 fully saturated rings. The van der Waals surface area contributed by atoms with Crippen molar-refractivity contribution in [3.05, 3.63) is 32.4 Å². The molecule has 1 spiro atoms. The fraction of sp³-hybridized carbons (Fsp3) is 0.588. The summed E-state index contributed by atoms with van der Waals surface area (Å²) in [6, 6.07) is 5.56. The first kappa shape index (κ1) is 15.6. The summed E-state index contributed by atoms with van der Waals surface area (Å²) in [6.45, 7) is 1.81. The van der Waals surface area contributed by atoms with Crippen LogP contribution in [0.1, 0.15) is 55.3 Å². The van der Waals surface area contributed by atoms with Crippen molar-refractivity contribution < 1.29 is 4.79 Å². The number of piperidine rings is 1. The second kappa shape index (κ2) is 6.45. The van der Waals surface area contributed by atoms with Crippen molar-refractivity contribution >= 4 is 40.1 Å². The lowest BCUT2D eigenvalue weighted by Gasteiger charge is -2.44. The minimum Gasteiger partial charge on any atom is -0.339 e. The van der Waals surface area contributed by atoms with Crippen LogP contribution in [-0.4, -0.2) is 23.9 Å². The van der Waals surface area contributed by atoms with E-state index in [0.717, 1.165) is 22.2 Å². The summed E-state index contributed by atoms with van der Waals surface area (Å²) < 4.78 is 0.986.